The van der Waals surface area contributed by atoms with Crippen LogP contribution in [0.4, 0.5) is 5.13 Å². The summed E-state index contributed by atoms with van der Waals surface area (Å²) in [7, 11) is 1.35. The second-order valence-corrected chi connectivity index (χ2v) is 6.95. The Morgan fingerprint density at radius 3 is 2.84 bits per heavy atom. The molecule has 0 aliphatic carbocycles. The van der Waals surface area contributed by atoms with E-state index >= 15 is 0 Å². The highest BCUT2D eigenvalue weighted by atomic mass is 35.5. The molecule has 1 aliphatic rings. The number of methoxy groups -OCH3 is 1. The van der Waals surface area contributed by atoms with Crippen molar-refractivity contribution in [1.82, 2.24) is 4.98 Å². The van der Waals surface area contributed by atoms with E-state index in [-0.39, 0.29) is 5.15 Å². The van der Waals surface area contributed by atoms with Gasteiger partial charge in [-0.25, -0.2) is 9.78 Å². The first-order valence-corrected chi connectivity index (χ1v) is 7.62. The summed E-state index contributed by atoms with van der Waals surface area (Å²) in [5, 5.41) is 1.07. The number of rotatable bonds is 2. The van der Waals surface area contributed by atoms with Gasteiger partial charge < -0.3 is 9.64 Å². The zero-order valence-electron chi connectivity index (χ0n) is 11.5. The summed E-state index contributed by atoms with van der Waals surface area (Å²) in [6.07, 6.45) is 3.47. The SMILES string of the molecule is COC(=O)c1sc(N2CCCC(C)(C)CC2)nc1Cl. The van der Waals surface area contributed by atoms with Crippen LogP contribution in [0.25, 0.3) is 0 Å². The van der Waals surface area contributed by atoms with E-state index in [1.54, 1.807) is 0 Å². The van der Waals surface area contributed by atoms with E-state index in [0.717, 1.165) is 31.1 Å². The van der Waals surface area contributed by atoms with E-state index < -0.39 is 5.97 Å². The monoisotopic (exact) mass is 302 g/mol. The third-order valence-electron chi connectivity index (χ3n) is 3.56. The predicted molar refractivity (Wildman–Crippen MR) is 78.3 cm³/mol. The lowest BCUT2D eigenvalue weighted by atomic mass is 9.85. The molecule has 0 bridgehead atoms. The molecule has 0 saturated carbocycles. The molecule has 0 spiro atoms. The molecule has 2 heterocycles. The van der Waals surface area contributed by atoms with Crippen LogP contribution in [-0.2, 0) is 4.74 Å². The molecule has 0 unspecified atom stereocenters. The molecule has 0 amide bonds. The van der Waals surface area contributed by atoms with Gasteiger partial charge in [0.25, 0.3) is 0 Å². The fraction of sp³-hybridized carbons (Fsp3) is 0.692. The van der Waals surface area contributed by atoms with E-state index in [9.17, 15) is 4.79 Å². The lowest BCUT2D eigenvalue weighted by Crippen LogP contribution is -2.24. The molecule has 4 nitrogen and oxygen atoms in total. The summed E-state index contributed by atoms with van der Waals surface area (Å²) in [5.74, 6) is -0.413. The maximum atomic E-state index is 11.5. The van der Waals surface area contributed by atoms with Gasteiger partial charge in [-0.3, -0.25) is 0 Å². The van der Waals surface area contributed by atoms with Crippen molar-refractivity contribution < 1.29 is 9.53 Å². The van der Waals surface area contributed by atoms with Gasteiger partial charge in [0.1, 0.15) is 0 Å². The van der Waals surface area contributed by atoms with Crippen molar-refractivity contribution in [3.8, 4) is 0 Å². The highest BCUT2D eigenvalue weighted by Crippen LogP contribution is 2.35. The molecule has 0 radical (unpaired) electrons. The van der Waals surface area contributed by atoms with Crippen molar-refractivity contribution in [3.63, 3.8) is 0 Å². The van der Waals surface area contributed by atoms with Crippen molar-refractivity contribution in [2.24, 2.45) is 5.41 Å². The first-order chi connectivity index (χ1) is 8.93. The van der Waals surface area contributed by atoms with Crippen LogP contribution >= 0.6 is 22.9 Å². The van der Waals surface area contributed by atoms with Gasteiger partial charge in [0.05, 0.1) is 7.11 Å². The van der Waals surface area contributed by atoms with Gasteiger partial charge in [-0.15, -0.1) is 0 Å². The maximum Gasteiger partial charge on any atom is 0.351 e. The molecule has 1 saturated heterocycles. The molecule has 1 aliphatic heterocycles. The molecule has 6 heteroatoms. The Bertz CT molecular complexity index is 473. The largest absolute Gasteiger partial charge is 0.465 e. The molecule has 0 atom stereocenters. The summed E-state index contributed by atoms with van der Waals surface area (Å²) in [6, 6.07) is 0. The molecule has 1 aromatic heterocycles. The third kappa shape index (κ3) is 3.39. The minimum Gasteiger partial charge on any atom is -0.465 e. The van der Waals surface area contributed by atoms with E-state index in [4.69, 9.17) is 16.3 Å². The van der Waals surface area contributed by atoms with Crippen LogP contribution in [0.5, 0.6) is 0 Å². The van der Waals surface area contributed by atoms with Gasteiger partial charge in [0.2, 0.25) is 0 Å². The van der Waals surface area contributed by atoms with Crippen molar-refractivity contribution in [2.45, 2.75) is 33.1 Å². The van der Waals surface area contributed by atoms with Crippen LogP contribution in [0, 0.1) is 5.41 Å². The van der Waals surface area contributed by atoms with Gasteiger partial charge in [-0.05, 0) is 24.7 Å². The summed E-state index contributed by atoms with van der Waals surface area (Å²) in [4.78, 5) is 18.5. The fourth-order valence-corrected chi connectivity index (χ4v) is 3.51. The summed E-state index contributed by atoms with van der Waals surface area (Å²) in [5.41, 5.74) is 0.376. The fourth-order valence-electron chi connectivity index (χ4n) is 2.26. The van der Waals surface area contributed by atoms with Crippen LogP contribution in [-0.4, -0.2) is 31.2 Å². The van der Waals surface area contributed by atoms with Crippen LogP contribution in [0.1, 0.15) is 42.8 Å². The van der Waals surface area contributed by atoms with Gasteiger partial charge in [-0.2, -0.15) is 0 Å². The molecule has 106 valence electrons. The van der Waals surface area contributed by atoms with E-state index in [2.05, 4.69) is 23.7 Å². The van der Waals surface area contributed by atoms with Crippen molar-refractivity contribution >= 4 is 34.0 Å². The van der Waals surface area contributed by atoms with Gasteiger partial charge in [0, 0.05) is 13.1 Å². The predicted octanol–water partition coefficient (Wildman–Crippen LogP) is 3.60. The number of ether oxygens (including phenoxy) is 1. The van der Waals surface area contributed by atoms with Crippen molar-refractivity contribution in [3.05, 3.63) is 10.0 Å². The Balaban J connectivity index is 2.16. The van der Waals surface area contributed by atoms with E-state index in [1.165, 1.54) is 24.9 Å². The highest BCUT2D eigenvalue weighted by molar-refractivity contribution is 7.18. The van der Waals surface area contributed by atoms with Crippen LogP contribution in [0.3, 0.4) is 0 Å². The van der Waals surface area contributed by atoms with Crippen molar-refractivity contribution in [2.75, 3.05) is 25.1 Å². The lowest BCUT2D eigenvalue weighted by molar-refractivity contribution is 0.0606. The van der Waals surface area contributed by atoms with Crippen molar-refractivity contribution in [1.29, 1.82) is 0 Å². The summed E-state index contributed by atoms with van der Waals surface area (Å²) >= 11 is 7.32. The molecule has 0 N–H and O–H groups in total. The molecular formula is C13H19ClN2O2S. The lowest BCUT2D eigenvalue weighted by Gasteiger charge is -2.22. The number of carbonyl (C=O) groups excluding carboxylic acids is 1. The molecular weight excluding hydrogens is 284 g/mol. The first kappa shape index (κ1) is 14.6. The number of aromatic nitrogens is 1. The number of nitrogens with zero attached hydrogens (tertiary/aromatic N) is 2. The smallest absolute Gasteiger partial charge is 0.351 e. The van der Waals surface area contributed by atoms with E-state index in [1.807, 2.05) is 0 Å². The number of hydrogen-bond donors (Lipinski definition) is 0. The maximum absolute atomic E-state index is 11.5. The highest BCUT2D eigenvalue weighted by Gasteiger charge is 2.26. The topological polar surface area (TPSA) is 42.4 Å². The molecule has 1 fully saturated rings. The third-order valence-corrected chi connectivity index (χ3v) is 5.04. The second-order valence-electron chi connectivity index (χ2n) is 5.61. The minimum atomic E-state index is -0.413. The van der Waals surface area contributed by atoms with Crippen LogP contribution in [0.2, 0.25) is 5.15 Å². The summed E-state index contributed by atoms with van der Waals surface area (Å²) in [6.45, 7) is 6.52. The molecule has 19 heavy (non-hydrogen) atoms. The Kier molecular flexibility index (Phi) is 4.36. The Labute approximate surface area is 122 Å². The molecule has 2 rings (SSSR count). The number of carbonyl (C=O) groups is 1. The van der Waals surface area contributed by atoms with Gasteiger partial charge in [-0.1, -0.05) is 36.8 Å². The Morgan fingerprint density at radius 2 is 2.16 bits per heavy atom. The number of esters is 1. The van der Waals surface area contributed by atoms with Crippen LogP contribution < -0.4 is 4.90 Å². The first-order valence-electron chi connectivity index (χ1n) is 6.42. The number of thiazole rings is 1. The zero-order chi connectivity index (χ0) is 14.0. The molecule has 1 aromatic rings. The summed E-state index contributed by atoms with van der Waals surface area (Å²) < 4.78 is 4.70. The van der Waals surface area contributed by atoms with Crippen LogP contribution in [0.15, 0.2) is 0 Å². The number of halogens is 1. The van der Waals surface area contributed by atoms with Gasteiger partial charge >= 0.3 is 5.97 Å². The zero-order valence-corrected chi connectivity index (χ0v) is 13.1. The minimum absolute atomic E-state index is 0.246. The second kappa shape index (κ2) is 5.67. The average molecular weight is 303 g/mol. The van der Waals surface area contributed by atoms with Gasteiger partial charge in [0.15, 0.2) is 15.2 Å². The average Bonchev–Trinajstić information content (AvgIpc) is 2.64. The Hall–Kier alpha value is -0.810. The Morgan fingerprint density at radius 1 is 1.42 bits per heavy atom. The number of hydrogen-bond acceptors (Lipinski definition) is 5. The molecule has 0 aromatic carbocycles. The van der Waals surface area contributed by atoms with E-state index in [0.29, 0.717) is 10.3 Å². The normalized spacial score (nSPS) is 19.1. The number of anilines is 1. The quantitative estimate of drug-likeness (QED) is 0.783. The standard InChI is InChI=1S/C13H19ClN2O2S/c1-13(2)5-4-7-16(8-6-13)12-15-10(14)9(19-12)11(17)18-3/h4-8H2,1-3H3.